The van der Waals surface area contributed by atoms with Crippen molar-refractivity contribution in [3.05, 3.63) is 11.1 Å². The molecule has 0 aromatic heterocycles. The molecular formula is C26H38O11. The molecule has 1 aliphatic heterocycles. The van der Waals surface area contributed by atoms with Crippen LogP contribution in [-0.4, -0.2) is 86.3 Å². The number of Topliss-reactive ketones (excluding diaryl/α,β-unsaturated/α-hetero) is 1. The predicted molar refractivity (Wildman–Crippen MR) is 125 cm³/mol. The van der Waals surface area contributed by atoms with E-state index >= 15 is 0 Å². The normalized spacial score (nSPS) is 47.2. The smallest absolute Gasteiger partial charge is 0.303 e. The maximum atomic E-state index is 13.4. The number of aliphatic hydroxyl groups excluding tert-OH is 1. The van der Waals surface area contributed by atoms with E-state index in [9.17, 15) is 34.8 Å². The molecule has 0 amide bonds. The van der Waals surface area contributed by atoms with Gasteiger partial charge in [0.15, 0.2) is 11.9 Å². The van der Waals surface area contributed by atoms with Crippen LogP contribution in [0.3, 0.4) is 0 Å². The summed E-state index contributed by atoms with van der Waals surface area (Å²) in [5.74, 6) is -5.39. The Morgan fingerprint density at radius 3 is 2.19 bits per heavy atom. The second-order valence-electron chi connectivity index (χ2n) is 12.0. The SMILES string of the molecule is CC(=O)O[C@@H]1C2=C(C)C(=O)C[C@@](O)([C@H]3O[C@@](C)(O)OC[C@]4(O)[C@@H](O)CC[C@@](C)([C@H]1OC(C)=O)[C@H]34)C2(C)C. The molecule has 1 heterocycles. The minimum atomic E-state index is -2.30. The fourth-order valence-electron chi connectivity index (χ4n) is 7.35. The van der Waals surface area contributed by atoms with Gasteiger partial charge in [-0.25, -0.2) is 0 Å². The van der Waals surface area contributed by atoms with Gasteiger partial charge in [0.05, 0.1) is 18.8 Å². The Labute approximate surface area is 215 Å². The van der Waals surface area contributed by atoms with Gasteiger partial charge in [0.1, 0.15) is 17.3 Å². The highest BCUT2D eigenvalue weighted by atomic mass is 16.8. The maximum absolute atomic E-state index is 13.4. The number of carbonyl (C=O) groups excluding carboxylic acids is 3. The second kappa shape index (κ2) is 8.56. The lowest BCUT2D eigenvalue weighted by Crippen LogP contribution is -2.75. The summed E-state index contributed by atoms with van der Waals surface area (Å²) in [6.07, 6.45) is -5.60. The Kier molecular flexibility index (Phi) is 6.50. The highest BCUT2D eigenvalue weighted by molar-refractivity contribution is 5.98. The van der Waals surface area contributed by atoms with Crippen LogP contribution >= 0.6 is 0 Å². The van der Waals surface area contributed by atoms with Crippen molar-refractivity contribution < 1.29 is 53.8 Å². The van der Waals surface area contributed by atoms with E-state index in [0.29, 0.717) is 0 Å². The molecule has 11 heteroatoms. The number of esters is 2. The minimum absolute atomic E-state index is 0.0467. The molecule has 0 radical (unpaired) electrons. The van der Waals surface area contributed by atoms with E-state index in [1.54, 1.807) is 27.7 Å². The molecule has 4 rings (SSSR count). The van der Waals surface area contributed by atoms with E-state index in [0.717, 1.165) is 0 Å². The van der Waals surface area contributed by atoms with Gasteiger partial charge >= 0.3 is 11.9 Å². The fourth-order valence-corrected chi connectivity index (χ4v) is 7.35. The third-order valence-electron chi connectivity index (χ3n) is 9.28. The van der Waals surface area contributed by atoms with Gasteiger partial charge in [-0.15, -0.1) is 0 Å². The average Bonchev–Trinajstić information content (AvgIpc) is 2.87. The summed E-state index contributed by atoms with van der Waals surface area (Å²) in [5.41, 5.74) is -6.30. The molecule has 0 spiro atoms. The van der Waals surface area contributed by atoms with Crippen LogP contribution in [0.4, 0.5) is 0 Å². The van der Waals surface area contributed by atoms with E-state index in [1.807, 2.05) is 0 Å². The molecule has 3 aliphatic carbocycles. The third-order valence-corrected chi connectivity index (χ3v) is 9.28. The number of aliphatic hydroxyl groups is 4. The molecule has 0 unspecified atom stereocenters. The fraction of sp³-hybridized carbons (Fsp3) is 0.808. The highest BCUT2D eigenvalue weighted by Gasteiger charge is 2.74. The van der Waals surface area contributed by atoms with Crippen LogP contribution in [0.25, 0.3) is 0 Å². The molecule has 3 fully saturated rings. The largest absolute Gasteiger partial charge is 0.458 e. The zero-order valence-corrected chi connectivity index (χ0v) is 22.4. The molecule has 4 N–H and O–H groups in total. The van der Waals surface area contributed by atoms with E-state index in [2.05, 4.69) is 0 Å². The first kappa shape index (κ1) is 28.1. The number of ketones is 1. The number of hydrogen-bond acceptors (Lipinski definition) is 11. The first-order chi connectivity index (χ1) is 16.8. The molecule has 4 aliphatic rings. The number of hydrogen-bond donors (Lipinski definition) is 4. The van der Waals surface area contributed by atoms with Crippen LogP contribution in [0.15, 0.2) is 11.1 Å². The summed E-state index contributed by atoms with van der Waals surface area (Å²) in [4.78, 5) is 38.2. The van der Waals surface area contributed by atoms with Crippen molar-refractivity contribution in [3.63, 3.8) is 0 Å². The van der Waals surface area contributed by atoms with Gasteiger partial charge < -0.3 is 39.4 Å². The van der Waals surface area contributed by atoms with Crippen molar-refractivity contribution in [2.24, 2.45) is 16.7 Å². The average molecular weight is 527 g/mol. The summed E-state index contributed by atoms with van der Waals surface area (Å²) in [6.45, 7) is 9.56. The van der Waals surface area contributed by atoms with Crippen LogP contribution < -0.4 is 0 Å². The van der Waals surface area contributed by atoms with E-state index in [-0.39, 0.29) is 24.0 Å². The van der Waals surface area contributed by atoms with Gasteiger partial charge in [0, 0.05) is 43.9 Å². The Morgan fingerprint density at radius 1 is 1.03 bits per heavy atom. The van der Waals surface area contributed by atoms with Crippen LogP contribution in [0.5, 0.6) is 0 Å². The van der Waals surface area contributed by atoms with Gasteiger partial charge in [-0.05, 0) is 30.9 Å². The van der Waals surface area contributed by atoms with Crippen LogP contribution in [-0.2, 0) is 33.3 Å². The number of ether oxygens (including phenoxy) is 4. The Morgan fingerprint density at radius 2 is 1.62 bits per heavy atom. The summed E-state index contributed by atoms with van der Waals surface area (Å²) in [7, 11) is 0. The molecule has 0 aromatic rings. The quantitative estimate of drug-likeness (QED) is 0.370. The zero-order chi connectivity index (χ0) is 27.9. The Hall–Kier alpha value is -1.89. The van der Waals surface area contributed by atoms with E-state index in [4.69, 9.17) is 18.9 Å². The number of carbonyl (C=O) groups is 3. The Bertz CT molecular complexity index is 1050. The summed E-state index contributed by atoms with van der Waals surface area (Å²) >= 11 is 0. The highest BCUT2D eigenvalue weighted by Crippen LogP contribution is 2.63. The lowest BCUT2D eigenvalue weighted by molar-refractivity contribution is -0.381. The molecule has 208 valence electrons. The molecule has 1 saturated heterocycles. The van der Waals surface area contributed by atoms with Crippen molar-refractivity contribution >= 4 is 17.7 Å². The van der Waals surface area contributed by atoms with Crippen molar-refractivity contribution in [3.8, 4) is 0 Å². The van der Waals surface area contributed by atoms with Gasteiger partial charge in [-0.2, -0.15) is 0 Å². The van der Waals surface area contributed by atoms with Crippen molar-refractivity contribution in [1.82, 2.24) is 0 Å². The summed E-state index contributed by atoms with van der Waals surface area (Å²) < 4.78 is 23.2. The van der Waals surface area contributed by atoms with Crippen molar-refractivity contribution in [2.45, 2.75) is 109 Å². The monoisotopic (exact) mass is 526 g/mol. The number of rotatable bonds is 2. The van der Waals surface area contributed by atoms with Crippen LogP contribution in [0, 0.1) is 16.7 Å². The third kappa shape index (κ3) is 3.97. The number of fused-ring (bicyclic) bond motifs is 3. The van der Waals surface area contributed by atoms with Gasteiger partial charge in [-0.1, -0.05) is 20.8 Å². The van der Waals surface area contributed by atoms with Crippen molar-refractivity contribution in [1.29, 1.82) is 0 Å². The van der Waals surface area contributed by atoms with Gasteiger partial charge in [0.25, 0.3) is 5.97 Å². The predicted octanol–water partition coefficient (Wildman–Crippen LogP) is 0.500. The van der Waals surface area contributed by atoms with E-state index < -0.39 is 89.1 Å². The molecule has 11 nitrogen and oxygen atoms in total. The topological polar surface area (TPSA) is 169 Å². The molecule has 9 atom stereocenters. The standard InChI is InChI=1S/C26H38O11/c1-12-15(29)10-26(33)21-19-23(6,9-8-16(30)25(19,32)11-34-24(7,31)37-21)20(36-14(3)28)18(35-13(2)27)17(12)22(26,4)5/h16,18-21,30-33H,8-11H2,1-7H3/t16-,18+,19-,20-,21-,23+,24-,25-,26+/m0/s1. The lowest BCUT2D eigenvalue weighted by atomic mass is 9.46. The lowest BCUT2D eigenvalue weighted by Gasteiger charge is -2.64. The Balaban J connectivity index is 2.14. The minimum Gasteiger partial charge on any atom is -0.458 e. The molecular weight excluding hydrogens is 488 g/mol. The van der Waals surface area contributed by atoms with Crippen LogP contribution in [0.1, 0.15) is 67.7 Å². The summed E-state index contributed by atoms with van der Waals surface area (Å²) in [5, 5.41) is 46.6. The van der Waals surface area contributed by atoms with Gasteiger partial charge in [0.2, 0.25) is 0 Å². The molecule has 37 heavy (non-hydrogen) atoms. The molecule has 2 saturated carbocycles. The van der Waals surface area contributed by atoms with Crippen molar-refractivity contribution in [2.75, 3.05) is 6.61 Å². The van der Waals surface area contributed by atoms with E-state index in [1.165, 1.54) is 20.8 Å². The van der Waals surface area contributed by atoms with Crippen LogP contribution in [0.2, 0.25) is 0 Å². The first-order valence-corrected chi connectivity index (χ1v) is 12.6. The number of allylic oxidation sites excluding steroid dienone is 1. The zero-order valence-electron chi connectivity index (χ0n) is 22.4. The second-order valence-corrected chi connectivity index (χ2v) is 12.0. The molecule has 0 aromatic carbocycles. The van der Waals surface area contributed by atoms with Gasteiger partial charge in [-0.3, -0.25) is 14.4 Å². The maximum Gasteiger partial charge on any atom is 0.303 e. The summed E-state index contributed by atoms with van der Waals surface area (Å²) in [6, 6.07) is 0. The molecule has 2 bridgehead atoms. The first-order valence-electron chi connectivity index (χ1n) is 12.6.